The summed E-state index contributed by atoms with van der Waals surface area (Å²) in [5.74, 6) is 1.89. The molecule has 0 radical (unpaired) electrons. The molecule has 3 aromatic heterocycles. The van der Waals surface area contributed by atoms with Crippen LogP contribution in [-0.4, -0.2) is 27.0 Å². The highest BCUT2D eigenvalue weighted by Gasteiger charge is 2.13. The molecule has 1 N–H and O–H groups in total. The number of nitrogens with zero attached hydrogens (tertiary/aromatic N) is 3. The number of hydrogen-bond acceptors (Lipinski definition) is 6. The summed E-state index contributed by atoms with van der Waals surface area (Å²) in [6, 6.07) is 7.20. The number of carbonyl (C=O) groups is 1. The lowest BCUT2D eigenvalue weighted by atomic mass is 10.2. The third kappa shape index (κ3) is 5.13. The lowest BCUT2D eigenvalue weighted by molar-refractivity contribution is 0.0921. The number of aryl methyl sites for hydroxylation is 1. The van der Waals surface area contributed by atoms with E-state index in [0.29, 0.717) is 24.8 Å². The first kappa shape index (κ1) is 19.0. The predicted octanol–water partition coefficient (Wildman–Crippen LogP) is 3.42. The topological polar surface area (TPSA) is 82.2 Å². The van der Waals surface area contributed by atoms with E-state index >= 15 is 0 Å². The van der Waals surface area contributed by atoms with Crippen LogP contribution in [0.5, 0.6) is 5.88 Å². The van der Waals surface area contributed by atoms with Gasteiger partial charge >= 0.3 is 0 Å². The largest absolute Gasteiger partial charge is 0.477 e. The molecule has 3 heterocycles. The number of imidazole rings is 1. The second-order valence-corrected chi connectivity index (χ2v) is 6.82. The number of amides is 1. The molecule has 1 amide bonds. The van der Waals surface area contributed by atoms with Crippen molar-refractivity contribution in [3.05, 3.63) is 59.9 Å². The average molecular weight is 386 g/mol. The molecular weight excluding hydrogens is 364 g/mol. The summed E-state index contributed by atoms with van der Waals surface area (Å²) < 4.78 is 13.2. The van der Waals surface area contributed by atoms with Gasteiger partial charge in [0.1, 0.15) is 5.76 Å². The molecule has 0 aromatic carbocycles. The second-order valence-electron chi connectivity index (χ2n) is 5.87. The Kier molecular flexibility index (Phi) is 6.54. The Morgan fingerprint density at radius 3 is 2.96 bits per heavy atom. The fraction of sp³-hybridized carbons (Fsp3) is 0.316. The van der Waals surface area contributed by atoms with E-state index in [-0.39, 0.29) is 11.7 Å². The quantitative estimate of drug-likeness (QED) is 0.568. The molecule has 0 aliphatic carbocycles. The third-order valence-corrected chi connectivity index (χ3v) is 4.82. The molecule has 0 aliphatic heterocycles. The highest BCUT2D eigenvalue weighted by Crippen LogP contribution is 2.22. The third-order valence-electron chi connectivity index (χ3n) is 3.74. The van der Waals surface area contributed by atoms with Gasteiger partial charge in [-0.1, -0.05) is 24.8 Å². The van der Waals surface area contributed by atoms with Crippen molar-refractivity contribution in [3.63, 3.8) is 0 Å². The Morgan fingerprint density at radius 2 is 2.19 bits per heavy atom. The Hall–Kier alpha value is -2.74. The fourth-order valence-corrected chi connectivity index (χ4v) is 3.18. The zero-order chi connectivity index (χ0) is 19.1. The molecule has 8 heteroatoms. The van der Waals surface area contributed by atoms with Crippen LogP contribution in [-0.2, 0) is 19.3 Å². The number of pyridine rings is 1. The van der Waals surface area contributed by atoms with Crippen molar-refractivity contribution in [2.75, 3.05) is 6.61 Å². The Labute approximate surface area is 162 Å². The first-order chi connectivity index (χ1) is 13.2. The van der Waals surface area contributed by atoms with Gasteiger partial charge in [-0.05, 0) is 24.6 Å². The minimum Gasteiger partial charge on any atom is -0.477 e. The number of carbonyl (C=O) groups excluding carboxylic acids is 1. The molecule has 3 rings (SSSR count). The van der Waals surface area contributed by atoms with Crippen molar-refractivity contribution in [2.45, 2.75) is 30.8 Å². The molecule has 0 aliphatic rings. The molecule has 3 aromatic rings. The summed E-state index contributed by atoms with van der Waals surface area (Å²) in [6.45, 7) is 2.95. The first-order valence-corrected chi connectivity index (χ1v) is 9.69. The standard InChI is InChI=1S/C19H22N4O3S/c1-3-11-25-18-14(5-4-8-20-18)12-22-17(24)16-7-6-15(26-16)13-27-19-21-9-10-23(19)2/h4-10H,3,11-13H2,1-2H3,(H,22,24). The van der Waals surface area contributed by atoms with Crippen LogP contribution in [0.3, 0.4) is 0 Å². The minimum absolute atomic E-state index is 0.270. The monoisotopic (exact) mass is 386 g/mol. The number of ether oxygens (including phenoxy) is 1. The van der Waals surface area contributed by atoms with Crippen LogP contribution >= 0.6 is 11.8 Å². The number of hydrogen-bond donors (Lipinski definition) is 1. The maximum atomic E-state index is 12.4. The molecule has 142 valence electrons. The lowest BCUT2D eigenvalue weighted by Crippen LogP contribution is -2.22. The van der Waals surface area contributed by atoms with E-state index in [2.05, 4.69) is 15.3 Å². The van der Waals surface area contributed by atoms with E-state index in [4.69, 9.17) is 9.15 Å². The van der Waals surface area contributed by atoms with Gasteiger partial charge in [-0.2, -0.15) is 0 Å². The zero-order valence-corrected chi connectivity index (χ0v) is 16.2. The lowest BCUT2D eigenvalue weighted by Gasteiger charge is -2.09. The van der Waals surface area contributed by atoms with Crippen molar-refractivity contribution in [3.8, 4) is 5.88 Å². The Balaban J connectivity index is 1.55. The van der Waals surface area contributed by atoms with Gasteiger partial charge in [0, 0.05) is 37.7 Å². The molecule has 7 nitrogen and oxygen atoms in total. The molecule has 0 saturated carbocycles. The van der Waals surface area contributed by atoms with Crippen LogP contribution in [0.2, 0.25) is 0 Å². The summed E-state index contributed by atoms with van der Waals surface area (Å²) in [5.41, 5.74) is 0.830. The molecule has 0 spiro atoms. The van der Waals surface area contributed by atoms with E-state index in [1.807, 2.05) is 42.9 Å². The summed E-state index contributed by atoms with van der Waals surface area (Å²) in [5, 5.41) is 3.75. The average Bonchev–Trinajstić information content (AvgIpc) is 3.32. The summed E-state index contributed by atoms with van der Waals surface area (Å²) in [7, 11) is 1.94. The van der Waals surface area contributed by atoms with Gasteiger partial charge in [0.25, 0.3) is 5.91 Å². The van der Waals surface area contributed by atoms with Crippen LogP contribution in [0, 0.1) is 0 Å². The minimum atomic E-state index is -0.270. The first-order valence-electron chi connectivity index (χ1n) is 8.71. The van der Waals surface area contributed by atoms with Crippen LogP contribution in [0.1, 0.15) is 35.2 Å². The Morgan fingerprint density at radius 1 is 1.30 bits per heavy atom. The molecule has 0 saturated heterocycles. The van der Waals surface area contributed by atoms with Crippen molar-refractivity contribution in [2.24, 2.45) is 7.05 Å². The number of thioether (sulfide) groups is 1. The zero-order valence-electron chi connectivity index (χ0n) is 15.3. The number of aromatic nitrogens is 3. The van der Waals surface area contributed by atoms with Gasteiger partial charge in [0.2, 0.25) is 5.88 Å². The number of nitrogens with one attached hydrogen (secondary N) is 1. The van der Waals surface area contributed by atoms with Crippen LogP contribution in [0.4, 0.5) is 0 Å². The van der Waals surface area contributed by atoms with E-state index in [0.717, 1.165) is 22.9 Å². The molecule has 0 fully saturated rings. The summed E-state index contributed by atoms with van der Waals surface area (Å²) in [4.78, 5) is 20.8. The van der Waals surface area contributed by atoms with Crippen LogP contribution < -0.4 is 10.1 Å². The maximum absolute atomic E-state index is 12.4. The van der Waals surface area contributed by atoms with Gasteiger partial charge in [-0.15, -0.1) is 0 Å². The smallest absolute Gasteiger partial charge is 0.287 e. The second kappa shape index (κ2) is 9.27. The number of rotatable bonds is 9. The van der Waals surface area contributed by atoms with Gasteiger partial charge in [0.05, 0.1) is 12.4 Å². The number of furan rings is 1. The summed E-state index contributed by atoms with van der Waals surface area (Å²) in [6.07, 6.45) is 6.21. The molecule has 0 atom stereocenters. The van der Waals surface area contributed by atoms with E-state index in [1.54, 1.807) is 30.2 Å². The fourth-order valence-electron chi connectivity index (χ4n) is 2.35. The molecule has 0 bridgehead atoms. The molecule has 27 heavy (non-hydrogen) atoms. The molecular formula is C19H22N4O3S. The van der Waals surface area contributed by atoms with Gasteiger partial charge in [0.15, 0.2) is 10.9 Å². The normalized spacial score (nSPS) is 10.7. The van der Waals surface area contributed by atoms with E-state index in [1.165, 1.54) is 0 Å². The maximum Gasteiger partial charge on any atom is 0.287 e. The SMILES string of the molecule is CCCOc1ncccc1CNC(=O)c1ccc(CSc2nccn2C)o1. The van der Waals surface area contributed by atoms with Gasteiger partial charge < -0.3 is 19.0 Å². The van der Waals surface area contributed by atoms with Gasteiger partial charge in [-0.3, -0.25) is 4.79 Å². The Bertz CT molecular complexity index is 890. The van der Waals surface area contributed by atoms with Crippen molar-refractivity contribution < 1.29 is 13.9 Å². The predicted molar refractivity (Wildman–Crippen MR) is 103 cm³/mol. The van der Waals surface area contributed by atoms with Crippen LogP contribution in [0.15, 0.2) is 52.4 Å². The van der Waals surface area contributed by atoms with Crippen LogP contribution in [0.25, 0.3) is 0 Å². The van der Waals surface area contributed by atoms with E-state index in [9.17, 15) is 4.79 Å². The highest BCUT2D eigenvalue weighted by atomic mass is 32.2. The van der Waals surface area contributed by atoms with Crippen molar-refractivity contribution in [1.29, 1.82) is 0 Å². The van der Waals surface area contributed by atoms with E-state index < -0.39 is 0 Å². The molecule has 0 unspecified atom stereocenters. The summed E-state index contributed by atoms with van der Waals surface area (Å²) >= 11 is 1.55. The van der Waals surface area contributed by atoms with Crippen molar-refractivity contribution >= 4 is 17.7 Å². The highest BCUT2D eigenvalue weighted by molar-refractivity contribution is 7.98. The van der Waals surface area contributed by atoms with Gasteiger partial charge in [-0.25, -0.2) is 9.97 Å². The van der Waals surface area contributed by atoms with Crippen molar-refractivity contribution in [1.82, 2.24) is 19.9 Å².